The number of ether oxygens (including phenoxy) is 1. The van der Waals surface area contributed by atoms with E-state index in [2.05, 4.69) is 4.98 Å². The van der Waals surface area contributed by atoms with Crippen LogP contribution in [0, 0.1) is 0 Å². The van der Waals surface area contributed by atoms with E-state index in [9.17, 15) is 27.4 Å². The molecule has 0 aliphatic carbocycles. The van der Waals surface area contributed by atoms with Gasteiger partial charge in [-0.2, -0.15) is 0 Å². The summed E-state index contributed by atoms with van der Waals surface area (Å²) in [5.41, 5.74) is 6.11. The summed E-state index contributed by atoms with van der Waals surface area (Å²) >= 11 is 0. The molecule has 11 nitrogen and oxygen atoms in total. The molecule has 1 aromatic carbocycles. The molecule has 12 heteroatoms. The van der Waals surface area contributed by atoms with E-state index >= 15 is 0 Å². The Morgan fingerprint density at radius 2 is 1.81 bits per heavy atom. The van der Waals surface area contributed by atoms with Gasteiger partial charge >= 0.3 is 6.09 Å². The molecule has 1 fully saturated rings. The lowest BCUT2D eigenvalue weighted by Gasteiger charge is -2.43. The summed E-state index contributed by atoms with van der Waals surface area (Å²) in [5, 5.41) is 0. The summed E-state index contributed by atoms with van der Waals surface area (Å²) in [6, 6.07) is 11.9. The third-order valence-corrected chi connectivity index (χ3v) is 4.96. The summed E-state index contributed by atoms with van der Waals surface area (Å²) in [4.78, 5) is 39.6. The van der Waals surface area contributed by atoms with Gasteiger partial charge in [0, 0.05) is 12.1 Å². The number of hydrogen-bond acceptors (Lipinski definition) is 8. The van der Waals surface area contributed by atoms with Gasteiger partial charge in [0.15, 0.2) is 22.7 Å². The van der Waals surface area contributed by atoms with Crippen molar-refractivity contribution >= 4 is 28.2 Å². The maximum Gasteiger partial charge on any atom is 0.417 e. The molecule has 0 saturated carbocycles. The van der Waals surface area contributed by atoms with Crippen molar-refractivity contribution in [3.63, 3.8) is 0 Å². The normalized spacial score (nSPS) is 16.3. The van der Waals surface area contributed by atoms with Gasteiger partial charge in [0.05, 0.1) is 12.6 Å². The Labute approximate surface area is 179 Å². The number of H-pyrrole nitrogens is 1. The van der Waals surface area contributed by atoms with E-state index in [0.29, 0.717) is 10.5 Å². The highest BCUT2D eigenvalue weighted by Crippen LogP contribution is 2.21. The Morgan fingerprint density at radius 1 is 1.23 bits per heavy atom. The Bertz CT molecular complexity index is 974. The SMILES string of the molecule is C[C@@H](N)C(=O)N(C(=O)OCc1ccccc1)C1CN(S(=O)(=O)[O-])C1=O.c1cc[nH+]cc1. The van der Waals surface area contributed by atoms with Crippen LogP contribution in [0.25, 0.3) is 0 Å². The molecular weight excluding hydrogens is 428 g/mol. The van der Waals surface area contributed by atoms with E-state index in [1.807, 2.05) is 30.6 Å². The number of aromatic nitrogens is 1. The standard InChI is InChI=1S/C14H17N3O7S.C5H5N/c1-9(15)12(18)17(11-7-16(13(11)19)25(21,22)23)14(20)24-8-10-5-3-2-4-6-10;1-2-4-6-5-3-1/h2-6,9,11H,7-8,15H2,1H3,(H,21,22,23);1-5H/t9-,11?;/m1./s1. The molecule has 31 heavy (non-hydrogen) atoms. The molecule has 0 radical (unpaired) electrons. The van der Waals surface area contributed by atoms with Gasteiger partial charge < -0.3 is 15.0 Å². The number of benzene rings is 1. The number of nitrogens with zero attached hydrogens (tertiary/aromatic N) is 2. The van der Waals surface area contributed by atoms with Crippen molar-refractivity contribution in [2.75, 3.05) is 6.54 Å². The van der Waals surface area contributed by atoms with Gasteiger partial charge in [-0.1, -0.05) is 36.4 Å². The van der Waals surface area contributed by atoms with E-state index in [0.717, 1.165) is 0 Å². The molecule has 166 valence electrons. The van der Waals surface area contributed by atoms with Crippen LogP contribution >= 0.6 is 0 Å². The summed E-state index contributed by atoms with van der Waals surface area (Å²) in [7, 11) is -5.00. The second-order valence-electron chi connectivity index (χ2n) is 6.46. The Balaban J connectivity index is 0.000000488. The minimum absolute atomic E-state index is 0.0314. The maximum absolute atomic E-state index is 12.2. The highest BCUT2D eigenvalue weighted by Gasteiger charge is 2.49. The smallest absolute Gasteiger partial charge is 0.417 e. The molecule has 1 aliphatic heterocycles. The van der Waals surface area contributed by atoms with Crippen molar-refractivity contribution in [2.45, 2.75) is 25.6 Å². The first-order chi connectivity index (χ1) is 14.6. The van der Waals surface area contributed by atoms with Crippen molar-refractivity contribution in [1.82, 2.24) is 9.21 Å². The molecule has 3 rings (SSSR count). The van der Waals surface area contributed by atoms with Crippen LogP contribution in [0.3, 0.4) is 0 Å². The number of carbonyl (C=O) groups excluding carboxylic acids is 3. The monoisotopic (exact) mass is 450 g/mol. The minimum atomic E-state index is -5.00. The zero-order chi connectivity index (χ0) is 23.0. The molecule has 1 saturated heterocycles. The molecule has 0 spiro atoms. The third kappa shape index (κ3) is 6.57. The van der Waals surface area contributed by atoms with Crippen LogP contribution < -0.4 is 10.7 Å². The van der Waals surface area contributed by atoms with Crippen LogP contribution in [0.5, 0.6) is 0 Å². The van der Waals surface area contributed by atoms with Crippen molar-refractivity contribution in [3.8, 4) is 0 Å². The highest BCUT2D eigenvalue weighted by atomic mass is 32.2. The number of nitrogens with two attached hydrogens (primary N) is 1. The van der Waals surface area contributed by atoms with Gasteiger partial charge in [-0.25, -0.2) is 27.4 Å². The van der Waals surface area contributed by atoms with E-state index < -0.39 is 46.8 Å². The number of rotatable bonds is 5. The van der Waals surface area contributed by atoms with Crippen LogP contribution in [0.2, 0.25) is 0 Å². The molecule has 2 heterocycles. The summed E-state index contributed by atoms with van der Waals surface area (Å²) < 4.78 is 37.7. The molecule has 2 aromatic rings. The molecule has 0 bridgehead atoms. The van der Waals surface area contributed by atoms with Crippen molar-refractivity contribution < 1.29 is 37.1 Å². The zero-order valence-electron chi connectivity index (χ0n) is 16.6. The number of pyridine rings is 1. The Hall–Kier alpha value is -3.35. The largest absolute Gasteiger partial charge is 0.731 e. The third-order valence-electron chi connectivity index (χ3n) is 4.09. The van der Waals surface area contributed by atoms with E-state index in [-0.39, 0.29) is 10.9 Å². The fourth-order valence-electron chi connectivity index (χ4n) is 2.49. The predicted octanol–water partition coefficient (Wildman–Crippen LogP) is -0.329. The topological polar surface area (TPSA) is 164 Å². The van der Waals surface area contributed by atoms with Crippen molar-refractivity contribution in [1.29, 1.82) is 0 Å². The Morgan fingerprint density at radius 3 is 2.23 bits per heavy atom. The number of β-lactam (4-membered cyclic amide) rings is 1. The molecule has 3 amide bonds. The Kier molecular flexibility index (Phi) is 8.19. The van der Waals surface area contributed by atoms with Gasteiger partial charge in [-0.15, -0.1) is 0 Å². The first-order valence-electron chi connectivity index (χ1n) is 9.10. The van der Waals surface area contributed by atoms with Gasteiger partial charge in [-0.05, 0) is 12.5 Å². The van der Waals surface area contributed by atoms with Gasteiger partial charge in [0.1, 0.15) is 12.6 Å². The van der Waals surface area contributed by atoms with Gasteiger partial charge in [-0.3, -0.25) is 9.59 Å². The second-order valence-corrected chi connectivity index (χ2v) is 7.75. The van der Waals surface area contributed by atoms with Crippen molar-refractivity contribution in [3.05, 3.63) is 66.5 Å². The molecule has 2 atom stereocenters. The molecule has 1 aromatic heterocycles. The quantitative estimate of drug-likeness (QED) is 0.478. The minimum Gasteiger partial charge on any atom is -0.731 e. The van der Waals surface area contributed by atoms with E-state index in [1.165, 1.54) is 6.92 Å². The van der Waals surface area contributed by atoms with Crippen LogP contribution in [0.15, 0.2) is 60.9 Å². The van der Waals surface area contributed by atoms with E-state index in [4.69, 9.17) is 10.5 Å². The van der Waals surface area contributed by atoms with Gasteiger partial charge in [0.25, 0.3) is 5.91 Å². The summed E-state index contributed by atoms with van der Waals surface area (Å²) in [5.74, 6) is -2.10. The van der Waals surface area contributed by atoms with Crippen LogP contribution in [-0.2, 0) is 31.2 Å². The number of carbonyl (C=O) groups is 3. The van der Waals surface area contributed by atoms with E-state index in [1.54, 1.807) is 30.3 Å². The van der Waals surface area contributed by atoms with Gasteiger partial charge in [0.2, 0.25) is 5.91 Å². The molecule has 3 N–H and O–H groups in total. The number of nitrogens with one attached hydrogen (secondary N) is 1. The number of hydrogen-bond donors (Lipinski definition) is 1. The number of aromatic amines is 1. The number of amides is 3. The lowest BCUT2D eigenvalue weighted by molar-refractivity contribution is -0.377. The van der Waals surface area contributed by atoms with Crippen LogP contribution in [-0.4, -0.2) is 58.7 Å². The average Bonchev–Trinajstić information content (AvgIpc) is 2.75. The first kappa shape index (κ1) is 23.9. The highest BCUT2D eigenvalue weighted by molar-refractivity contribution is 7.84. The average molecular weight is 450 g/mol. The van der Waals surface area contributed by atoms with Crippen LogP contribution in [0.1, 0.15) is 12.5 Å². The molecule has 1 aliphatic rings. The fourth-order valence-corrected chi connectivity index (χ4v) is 3.16. The summed E-state index contributed by atoms with van der Waals surface area (Å²) in [6.45, 7) is 0.515. The lowest BCUT2D eigenvalue weighted by atomic mass is 10.1. The molecule has 1 unspecified atom stereocenters. The zero-order valence-corrected chi connectivity index (χ0v) is 17.4. The predicted molar refractivity (Wildman–Crippen MR) is 105 cm³/mol. The summed E-state index contributed by atoms with van der Waals surface area (Å²) in [6.07, 6.45) is 2.60. The maximum atomic E-state index is 12.2. The second kappa shape index (κ2) is 10.6. The first-order valence-corrected chi connectivity index (χ1v) is 10.5. The van der Waals surface area contributed by atoms with Crippen LogP contribution in [0.4, 0.5) is 4.79 Å². The number of imide groups is 1. The lowest BCUT2D eigenvalue weighted by Crippen LogP contribution is -2.68. The fraction of sp³-hybridized carbons (Fsp3) is 0.263. The molecular formula is C19H22N4O7S. The van der Waals surface area contributed by atoms with Crippen molar-refractivity contribution in [2.24, 2.45) is 5.73 Å².